The summed E-state index contributed by atoms with van der Waals surface area (Å²) in [6, 6.07) is 0. The summed E-state index contributed by atoms with van der Waals surface area (Å²) in [5.74, 6) is 0. The van der Waals surface area contributed by atoms with Crippen molar-refractivity contribution in [2.24, 2.45) is 0 Å². The molecular formula is H9AlCaCoPbSn. The summed E-state index contributed by atoms with van der Waals surface area (Å²) in [6.45, 7) is 0. The third-order valence-electron chi connectivity index (χ3n) is 0. The van der Waals surface area contributed by atoms with Crippen LogP contribution in [0.25, 0.3) is 0 Å². The van der Waals surface area contributed by atoms with Crippen LogP contribution >= 0.6 is 0 Å². The second-order valence-electron chi connectivity index (χ2n) is 0. The average Bonchev–Trinajstić information content (AvgIpc) is 0. The molecule has 0 aromatic heterocycles. The van der Waals surface area contributed by atoms with Gasteiger partial charge in [-0.25, -0.2) is 0 Å². The van der Waals surface area contributed by atoms with Gasteiger partial charge in [0, 0.05) is 16.8 Å². The van der Waals surface area contributed by atoms with Crippen LogP contribution in [0, 0.1) is 0 Å². The first-order chi connectivity index (χ1) is 0. The van der Waals surface area contributed by atoms with Crippen molar-refractivity contribution in [1.82, 2.24) is 0 Å². The van der Waals surface area contributed by atoms with E-state index in [9.17, 15) is 0 Å². The topological polar surface area (TPSA) is 0 Å². The Hall–Kier alpha value is 4.02. The SMILES string of the molecule is [AlH3].[CaH2].[Co].[PbH2].[SnH2]. The Labute approximate surface area is 120 Å². The fraction of sp³-hybridized carbons (Fsp3) is 0. The predicted molar refractivity (Wildman–Crippen MR) is 35.6 cm³/mol. The molecule has 0 heterocycles. The second-order valence-corrected chi connectivity index (χ2v) is 0. The molecule has 0 aliphatic rings. The van der Waals surface area contributed by atoms with Gasteiger partial charge in [-0.2, -0.15) is 0 Å². The summed E-state index contributed by atoms with van der Waals surface area (Å²) in [5.41, 5.74) is 0. The number of hydrogen-bond acceptors (Lipinski definition) is 0. The molecule has 0 unspecified atom stereocenters. The van der Waals surface area contributed by atoms with Crippen molar-refractivity contribution in [1.29, 1.82) is 0 Å². The first-order valence-corrected chi connectivity index (χ1v) is 0. The zero-order chi connectivity index (χ0) is 0. The van der Waals surface area contributed by atoms with Gasteiger partial charge in [-0.15, -0.1) is 0 Å². The standard InChI is InChI=1S/Al.Ca.Co.Pb.Sn.9H. The molecule has 0 N–H and O–H groups in total. The van der Waals surface area contributed by atoms with Crippen molar-refractivity contribution < 1.29 is 16.8 Å². The van der Waals surface area contributed by atoms with Gasteiger partial charge in [-0.3, -0.25) is 0 Å². The molecule has 0 amide bonds. The normalized spacial score (nSPS) is 0. The minimum atomic E-state index is 0. The van der Waals surface area contributed by atoms with Crippen molar-refractivity contribution in [2.75, 3.05) is 0 Å². The van der Waals surface area contributed by atoms with Gasteiger partial charge in [0.05, 0.1) is 0 Å². The molecule has 0 saturated carbocycles. The van der Waals surface area contributed by atoms with E-state index >= 15 is 0 Å². The van der Waals surface area contributed by atoms with Gasteiger partial charge in [0.2, 0.25) is 0 Å². The summed E-state index contributed by atoms with van der Waals surface area (Å²) in [5, 5.41) is 0. The van der Waals surface area contributed by atoms with Gasteiger partial charge >= 0.3 is 88.9 Å². The summed E-state index contributed by atoms with van der Waals surface area (Å²) in [6.07, 6.45) is 0. The van der Waals surface area contributed by atoms with Crippen molar-refractivity contribution >= 4 is 106 Å². The van der Waals surface area contributed by atoms with Crippen LogP contribution in [-0.4, -0.2) is 106 Å². The molecule has 0 spiro atoms. The fourth-order valence-electron chi connectivity index (χ4n) is 0. The Morgan fingerprint density at radius 2 is 1.00 bits per heavy atom. The van der Waals surface area contributed by atoms with E-state index in [0.717, 1.165) is 0 Å². The van der Waals surface area contributed by atoms with E-state index in [1.807, 2.05) is 0 Å². The number of hydrogen-bond donors (Lipinski definition) is 0. The summed E-state index contributed by atoms with van der Waals surface area (Å²) in [4.78, 5) is 0. The van der Waals surface area contributed by atoms with Crippen LogP contribution in [0.4, 0.5) is 0 Å². The molecule has 0 aromatic rings. The molecule has 0 nitrogen and oxygen atoms in total. The molecule has 0 saturated heterocycles. The monoisotopic (exact) mass is 463 g/mol. The molecule has 0 aromatic carbocycles. The van der Waals surface area contributed by atoms with Crippen LogP contribution in [0.1, 0.15) is 0 Å². The van der Waals surface area contributed by atoms with Gasteiger partial charge in [0.15, 0.2) is 17.4 Å². The molecule has 0 atom stereocenters. The molecule has 0 fully saturated rings. The van der Waals surface area contributed by atoms with E-state index in [1.54, 1.807) is 0 Å². The van der Waals surface area contributed by atoms with Crippen LogP contribution < -0.4 is 0 Å². The molecule has 5 heteroatoms. The van der Waals surface area contributed by atoms with Crippen molar-refractivity contribution in [3.63, 3.8) is 0 Å². The van der Waals surface area contributed by atoms with Gasteiger partial charge in [0.25, 0.3) is 0 Å². The van der Waals surface area contributed by atoms with E-state index in [0.29, 0.717) is 0 Å². The van der Waals surface area contributed by atoms with Gasteiger partial charge < -0.3 is 0 Å². The second kappa shape index (κ2) is 24.5. The minimum absolute atomic E-state index is 0. The van der Waals surface area contributed by atoms with Gasteiger partial charge in [0.1, 0.15) is 0 Å². The summed E-state index contributed by atoms with van der Waals surface area (Å²) >= 11 is 0. The molecule has 0 rings (SSSR count). The van der Waals surface area contributed by atoms with Crippen LogP contribution in [0.5, 0.6) is 0 Å². The zero-order valence-corrected chi connectivity index (χ0v) is 12.3. The molecule has 0 aliphatic heterocycles. The third kappa shape index (κ3) is 18.0. The van der Waals surface area contributed by atoms with Crippen LogP contribution in [0.2, 0.25) is 0 Å². The Balaban J connectivity index is 0. The quantitative estimate of drug-likeness (QED) is 0.324. The van der Waals surface area contributed by atoms with Crippen molar-refractivity contribution in [3.8, 4) is 0 Å². The Morgan fingerprint density at radius 3 is 1.00 bits per heavy atom. The third-order valence-corrected chi connectivity index (χ3v) is 0. The first-order valence-electron chi connectivity index (χ1n) is 0. The van der Waals surface area contributed by atoms with Crippen molar-refractivity contribution in [3.05, 3.63) is 0 Å². The summed E-state index contributed by atoms with van der Waals surface area (Å²) in [7, 11) is 0. The van der Waals surface area contributed by atoms with Crippen molar-refractivity contribution in [2.45, 2.75) is 0 Å². The van der Waals surface area contributed by atoms with Crippen LogP contribution in [0.15, 0.2) is 0 Å². The average molecular weight is 461 g/mol. The maximum absolute atomic E-state index is 0. The molecule has 5 radical (unpaired) electrons. The first kappa shape index (κ1) is 35.9. The summed E-state index contributed by atoms with van der Waals surface area (Å²) < 4.78 is 0. The molecule has 0 bridgehead atoms. The molecular weight excluding hydrogens is 452 g/mol. The van der Waals surface area contributed by atoms with Gasteiger partial charge in [-0.05, 0) is 0 Å². The Morgan fingerprint density at radius 1 is 1.00 bits per heavy atom. The predicted octanol–water partition coefficient (Wildman–Crippen LogP) is -3.94. The van der Waals surface area contributed by atoms with E-state index in [4.69, 9.17) is 0 Å². The van der Waals surface area contributed by atoms with E-state index in [-0.39, 0.29) is 123 Å². The molecule has 5 heavy (non-hydrogen) atoms. The fourth-order valence-corrected chi connectivity index (χ4v) is 0. The van der Waals surface area contributed by atoms with Crippen LogP contribution in [0.3, 0.4) is 0 Å². The molecule has 0 aliphatic carbocycles. The Kier molecular flexibility index (Phi) is 176. The van der Waals surface area contributed by atoms with Gasteiger partial charge in [-0.1, -0.05) is 0 Å². The van der Waals surface area contributed by atoms with Crippen LogP contribution in [-0.2, 0) is 16.8 Å². The van der Waals surface area contributed by atoms with E-state index in [2.05, 4.69) is 0 Å². The Bertz CT molecular complexity index is 11.6. The van der Waals surface area contributed by atoms with E-state index in [1.165, 1.54) is 0 Å². The maximum atomic E-state index is 0. The molecule has 31 valence electrons. The number of rotatable bonds is 0. The zero-order valence-electron chi connectivity index (χ0n) is 1.75. The van der Waals surface area contributed by atoms with E-state index < -0.39 is 0 Å².